The van der Waals surface area contributed by atoms with Gasteiger partial charge in [0.15, 0.2) is 0 Å². The van der Waals surface area contributed by atoms with Crippen LogP contribution in [-0.2, 0) is 22.6 Å². The van der Waals surface area contributed by atoms with E-state index in [0.717, 1.165) is 32.5 Å². The summed E-state index contributed by atoms with van der Waals surface area (Å²) >= 11 is 0. The Labute approximate surface area is 136 Å². The van der Waals surface area contributed by atoms with Crippen molar-refractivity contribution in [2.45, 2.75) is 38.6 Å². The molecule has 5 heteroatoms. The first-order valence-corrected chi connectivity index (χ1v) is 8.38. The Bertz CT molecular complexity index is 596. The van der Waals surface area contributed by atoms with Gasteiger partial charge in [-0.3, -0.25) is 14.5 Å². The van der Waals surface area contributed by atoms with Crippen LogP contribution in [-0.4, -0.2) is 41.5 Å². The van der Waals surface area contributed by atoms with Crippen LogP contribution in [0, 0.1) is 5.41 Å². The quantitative estimate of drug-likeness (QED) is 0.840. The number of aliphatic carboxylic acids is 1. The fourth-order valence-electron chi connectivity index (χ4n) is 3.54. The van der Waals surface area contributed by atoms with Crippen LogP contribution >= 0.6 is 0 Å². The van der Waals surface area contributed by atoms with Gasteiger partial charge in [0.2, 0.25) is 5.91 Å². The van der Waals surface area contributed by atoms with Crippen molar-refractivity contribution < 1.29 is 14.7 Å². The van der Waals surface area contributed by atoms with Crippen molar-refractivity contribution in [3.8, 4) is 0 Å². The number of benzene rings is 1. The van der Waals surface area contributed by atoms with Gasteiger partial charge in [0, 0.05) is 32.6 Å². The molecule has 0 radical (unpaired) electrons. The summed E-state index contributed by atoms with van der Waals surface area (Å²) in [5.74, 6) is -0.962. The van der Waals surface area contributed by atoms with Gasteiger partial charge in [-0.05, 0) is 30.4 Å². The van der Waals surface area contributed by atoms with Gasteiger partial charge in [-0.2, -0.15) is 0 Å². The molecule has 1 saturated carbocycles. The van der Waals surface area contributed by atoms with E-state index in [1.807, 2.05) is 0 Å². The Morgan fingerprint density at radius 3 is 2.61 bits per heavy atom. The predicted molar refractivity (Wildman–Crippen MR) is 87.0 cm³/mol. The maximum Gasteiger partial charge on any atom is 0.310 e. The van der Waals surface area contributed by atoms with E-state index < -0.39 is 11.4 Å². The summed E-state index contributed by atoms with van der Waals surface area (Å²) < 4.78 is 0. The van der Waals surface area contributed by atoms with Gasteiger partial charge in [-0.15, -0.1) is 0 Å². The molecule has 0 aromatic heterocycles. The molecule has 2 aliphatic rings. The highest BCUT2D eigenvalue weighted by molar-refractivity contribution is 5.85. The summed E-state index contributed by atoms with van der Waals surface area (Å²) in [4.78, 5) is 25.6. The lowest BCUT2D eigenvalue weighted by molar-refractivity contribution is -0.157. The van der Waals surface area contributed by atoms with Gasteiger partial charge in [-0.1, -0.05) is 30.7 Å². The minimum atomic E-state index is -0.827. The van der Waals surface area contributed by atoms with Crippen molar-refractivity contribution in [3.05, 3.63) is 35.4 Å². The van der Waals surface area contributed by atoms with E-state index in [-0.39, 0.29) is 12.3 Å². The highest BCUT2D eigenvalue weighted by Gasteiger charge is 2.45. The number of nitrogens with zero attached hydrogens (tertiary/aromatic N) is 1. The molecule has 2 N–H and O–H groups in total. The van der Waals surface area contributed by atoms with Crippen LogP contribution in [0.4, 0.5) is 0 Å². The highest BCUT2D eigenvalue weighted by atomic mass is 16.4. The molecule has 1 aromatic carbocycles. The SMILES string of the molecule is O=C(CC1(C(=O)O)CCC1)NCCN1CCc2ccccc2C1. The second kappa shape index (κ2) is 6.71. The molecular formula is C18H24N2O3. The maximum absolute atomic E-state index is 12.0. The highest BCUT2D eigenvalue weighted by Crippen LogP contribution is 2.44. The van der Waals surface area contributed by atoms with Gasteiger partial charge < -0.3 is 10.4 Å². The summed E-state index contributed by atoms with van der Waals surface area (Å²) in [6.07, 6.45) is 3.32. The molecule has 1 fully saturated rings. The first-order valence-electron chi connectivity index (χ1n) is 8.38. The Morgan fingerprint density at radius 2 is 1.96 bits per heavy atom. The van der Waals surface area contributed by atoms with E-state index in [4.69, 9.17) is 0 Å². The Morgan fingerprint density at radius 1 is 1.22 bits per heavy atom. The number of nitrogens with one attached hydrogen (secondary N) is 1. The van der Waals surface area contributed by atoms with Crippen LogP contribution in [0.2, 0.25) is 0 Å². The van der Waals surface area contributed by atoms with Crippen LogP contribution in [0.15, 0.2) is 24.3 Å². The molecule has 0 saturated heterocycles. The number of hydrogen-bond donors (Lipinski definition) is 2. The van der Waals surface area contributed by atoms with Crippen molar-refractivity contribution in [1.82, 2.24) is 10.2 Å². The van der Waals surface area contributed by atoms with Crippen LogP contribution in [0.5, 0.6) is 0 Å². The molecule has 0 atom stereocenters. The third-order valence-electron chi connectivity index (χ3n) is 5.22. The number of amides is 1. The summed E-state index contributed by atoms with van der Waals surface area (Å²) in [7, 11) is 0. The Kier molecular flexibility index (Phi) is 4.66. The summed E-state index contributed by atoms with van der Waals surface area (Å²) in [6, 6.07) is 8.48. The van der Waals surface area contributed by atoms with E-state index in [0.29, 0.717) is 19.4 Å². The Balaban J connectivity index is 1.42. The molecule has 1 aromatic rings. The Hall–Kier alpha value is -1.88. The van der Waals surface area contributed by atoms with E-state index in [2.05, 4.69) is 34.5 Å². The zero-order valence-electron chi connectivity index (χ0n) is 13.4. The third-order valence-corrected chi connectivity index (χ3v) is 5.22. The molecular weight excluding hydrogens is 292 g/mol. The predicted octanol–water partition coefficient (Wildman–Crippen LogP) is 1.81. The molecule has 124 valence electrons. The van der Waals surface area contributed by atoms with E-state index in [9.17, 15) is 14.7 Å². The molecule has 5 nitrogen and oxygen atoms in total. The average Bonchev–Trinajstić information content (AvgIpc) is 2.50. The number of carboxylic acids is 1. The van der Waals surface area contributed by atoms with E-state index >= 15 is 0 Å². The standard InChI is InChI=1S/C18H24N2O3/c21-16(12-18(17(22)23)7-3-8-18)19-9-11-20-10-6-14-4-1-2-5-15(14)13-20/h1-2,4-5H,3,6-13H2,(H,19,21)(H,22,23). The van der Waals surface area contributed by atoms with Crippen LogP contribution < -0.4 is 5.32 Å². The molecule has 0 unspecified atom stereocenters. The number of carbonyl (C=O) groups is 2. The molecule has 1 amide bonds. The maximum atomic E-state index is 12.0. The molecule has 0 spiro atoms. The van der Waals surface area contributed by atoms with Crippen molar-refractivity contribution in [2.75, 3.05) is 19.6 Å². The molecule has 23 heavy (non-hydrogen) atoms. The van der Waals surface area contributed by atoms with Gasteiger partial charge in [0.25, 0.3) is 0 Å². The normalized spacial score (nSPS) is 19.5. The molecule has 3 rings (SSSR count). The first kappa shape index (κ1) is 16.0. The van der Waals surface area contributed by atoms with Crippen LogP contribution in [0.25, 0.3) is 0 Å². The smallest absolute Gasteiger partial charge is 0.310 e. The van der Waals surface area contributed by atoms with Gasteiger partial charge in [0.05, 0.1) is 5.41 Å². The van der Waals surface area contributed by atoms with Gasteiger partial charge in [0.1, 0.15) is 0 Å². The lowest BCUT2D eigenvalue weighted by Gasteiger charge is -2.37. The fraction of sp³-hybridized carbons (Fsp3) is 0.556. The lowest BCUT2D eigenvalue weighted by Crippen LogP contribution is -2.44. The van der Waals surface area contributed by atoms with Gasteiger partial charge >= 0.3 is 5.97 Å². The van der Waals surface area contributed by atoms with Gasteiger partial charge in [-0.25, -0.2) is 0 Å². The molecule has 1 aliphatic heterocycles. The molecule has 1 heterocycles. The second-order valence-electron chi connectivity index (χ2n) is 6.76. The van der Waals surface area contributed by atoms with E-state index in [1.165, 1.54) is 11.1 Å². The minimum Gasteiger partial charge on any atom is -0.481 e. The van der Waals surface area contributed by atoms with Crippen LogP contribution in [0.3, 0.4) is 0 Å². The third kappa shape index (κ3) is 3.55. The van der Waals surface area contributed by atoms with Crippen LogP contribution in [0.1, 0.15) is 36.8 Å². The first-order chi connectivity index (χ1) is 11.1. The molecule has 0 bridgehead atoms. The molecule has 1 aliphatic carbocycles. The summed E-state index contributed by atoms with van der Waals surface area (Å²) in [5, 5.41) is 12.2. The zero-order chi connectivity index (χ0) is 16.3. The number of carboxylic acid groups (broad SMARTS) is 1. The van der Waals surface area contributed by atoms with E-state index in [1.54, 1.807) is 0 Å². The van der Waals surface area contributed by atoms with Crippen molar-refractivity contribution >= 4 is 11.9 Å². The largest absolute Gasteiger partial charge is 0.481 e. The van der Waals surface area contributed by atoms with Crippen molar-refractivity contribution in [1.29, 1.82) is 0 Å². The summed E-state index contributed by atoms with van der Waals surface area (Å²) in [5.41, 5.74) is 1.99. The van der Waals surface area contributed by atoms with Crippen molar-refractivity contribution in [3.63, 3.8) is 0 Å². The number of hydrogen-bond acceptors (Lipinski definition) is 3. The topological polar surface area (TPSA) is 69.6 Å². The fourth-order valence-corrected chi connectivity index (χ4v) is 3.54. The number of rotatable bonds is 6. The monoisotopic (exact) mass is 316 g/mol. The number of fused-ring (bicyclic) bond motifs is 1. The summed E-state index contributed by atoms with van der Waals surface area (Å²) in [6.45, 7) is 3.31. The van der Waals surface area contributed by atoms with Crippen molar-refractivity contribution in [2.24, 2.45) is 5.41 Å². The zero-order valence-corrected chi connectivity index (χ0v) is 13.4. The average molecular weight is 316 g/mol. The second-order valence-corrected chi connectivity index (χ2v) is 6.76. The minimum absolute atomic E-state index is 0.116. The lowest BCUT2D eigenvalue weighted by atomic mass is 9.66. The number of carbonyl (C=O) groups excluding carboxylic acids is 1.